The summed E-state index contributed by atoms with van der Waals surface area (Å²) in [5.74, 6) is -1.90. The van der Waals surface area contributed by atoms with E-state index in [2.05, 4.69) is 10.0 Å². The molecule has 33 heavy (non-hydrogen) atoms. The molecule has 1 unspecified atom stereocenters. The number of amides is 1. The van der Waals surface area contributed by atoms with Gasteiger partial charge in [0.15, 0.2) is 0 Å². The highest BCUT2D eigenvalue weighted by Gasteiger charge is 2.19. The summed E-state index contributed by atoms with van der Waals surface area (Å²) in [6.45, 7) is 1.60. The van der Waals surface area contributed by atoms with E-state index in [4.69, 9.17) is 0 Å². The Morgan fingerprint density at radius 3 is 2.24 bits per heavy atom. The molecule has 0 radical (unpaired) electrons. The number of anilines is 1. The first-order chi connectivity index (χ1) is 15.6. The fourth-order valence-corrected chi connectivity index (χ4v) is 4.16. The number of non-ortho nitro benzene ring substituents is 1. The summed E-state index contributed by atoms with van der Waals surface area (Å²) in [5, 5.41) is 13.5. The van der Waals surface area contributed by atoms with Gasteiger partial charge in [-0.05, 0) is 55.8 Å². The van der Waals surface area contributed by atoms with Crippen molar-refractivity contribution in [2.75, 3.05) is 4.72 Å². The molecule has 0 heterocycles. The molecule has 1 amide bonds. The van der Waals surface area contributed by atoms with Gasteiger partial charge in [0.2, 0.25) is 0 Å². The molecule has 11 heteroatoms. The van der Waals surface area contributed by atoms with Gasteiger partial charge in [0.05, 0.1) is 9.82 Å². The minimum absolute atomic E-state index is 0.0503. The lowest BCUT2D eigenvalue weighted by Gasteiger charge is -2.15. The predicted molar refractivity (Wildman–Crippen MR) is 117 cm³/mol. The minimum Gasteiger partial charge on any atom is -0.349 e. The van der Waals surface area contributed by atoms with Gasteiger partial charge >= 0.3 is 0 Å². The average Bonchev–Trinajstić information content (AvgIpc) is 2.76. The van der Waals surface area contributed by atoms with Crippen LogP contribution in [-0.4, -0.2) is 25.3 Å². The summed E-state index contributed by atoms with van der Waals surface area (Å²) < 4.78 is 54.9. The van der Waals surface area contributed by atoms with Gasteiger partial charge in [0.1, 0.15) is 11.6 Å². The number of halogens is 2. The van der Waals surface area contributed by atoms with E-state index in [1.54, 1.807) is 6.92 Å². The largest absolute Gasteiger partial charge is 0.349 e. The van der Waals surface area contributed by atoms with Gasteiger partial charge < -0.3 is 5.32 Å². The number of benzene rings is 3. The Labute approximate surface area is 188 Å². The van der Waals surface area contributed by atoms with Crippen LogP contribution in [-0.2, 0) is 16.4 Å². The number of rotatable bonds is 8. The molecule has 0 spiro atoms. The lowest BCUT2D eigenvalue weighted by atomic mass is 10.1. The third kappa shape index (κ3) is 5.89. The summed E-state index contributed by atoms with van der Waals surface area (Å²) >= 11 is 0. The summed E-state index contributed by atoms with van der Waals surface area (Å²) in [5.41, 5.74) is -0.154. The summed E-state index contributed by atoms with van der Waals surface area (Å²) in [4.78, 5) is 22.3. The number of nitrogens with zero attached hydrogens (tertiary/aromatic N) is 1. The maximum Gasteiger partial charge on any atom is 0.270 e. The SMILES string of the molecule is CC(Cc1c(F)cccc1F)NC(=O)c1ccc(NS(=O)(=O)c2cccc([N+](=O)[O-])c2)cc1. The molecular formula is C22H19F2N3O5S. The summed E-state index contributed by atoms with van der Waals surface area (Å²) in [6.07, 6.45) is -0.0503. The van der Waals surface area contributed by atoms with Crippen LogP contribution in [0.15, 0.2) is 71.6 Å². The lowest BCUT2D eigenvalue weighted by molar-refractivity contribution is -0.385. The van der Waals surface area contributed by atoms with Crippen LogP contribution in [0.3, 0.4) is 0 Å². The quantitative estimate of drug-likeness (QED) is 0.377. The fourth-order valence-electron chi connectivity index (χ4n) is 3.06. The number of nitro groups is 1. The van der Waals surface area contributed by atoms with Gasteiger partial charge in [-0.3, -0.25) is 19.6 Å². The Balaban J connectivity index is 1.66. The van der Waals surface area contributed by atoms with E-state index in [9.17, 15) is 32.1 Å². The van der Waals surface area contributed by atoms with Gasteiger partial charge in [-0.1, -0.05) is 12.1 Å². The molecule has 0 bridgehead atoms. The molecule has 172 valence electrons. The van der Waals surface area contributed by atoms with E-state index in [0.717, 1.165) is 18.2 Å². The zero-order valence-electron chi connectivity index (χ0n) is 17.3. The number of hydrogen-bond donors (Lipinski definition) is 2. The molecule has 3 aromatic carbocycles. The summed E-state index contributed by atoms with van der Waals surface area (Å²) in [6, 6.07) is 13.0. The average molecular weight is 475 g/mol. The standard InChI is InChI=1S/C22H19F2N3O5S/c1-14(12-19-20(23)6-3-7-21(19)24)25-22(28)15-8-10-16(11-9-15)26-33(31,32)18-5-2-4-17(13-18)27(29)30/h2-11,13-14,26H,12H2,1H3,(H,25,28). The van der Waals surface area contributed by atoms with Crippen LogP contribution in [0.5, 0.6) is 0 Å². The second-order valence-electron chi connectivity index (χ2n) is 7.22. The van der Waals surface area contributed by atoms with Crippen molar-refractivity contribution in [1.82, 2.24) is 5.32 Å². The Hall–Kier alpha value is -3.86. The van der Waals surface area contributed by atoms with E-state index >= 15 is 0 Å². The lowest BCUT2D eigenvalue weighted by Crippen LogP contribution is -2.34. The number of sulfonamides is 1. The topological polar surface area (TPSA) is 118 Å². The van der Waals surface area contributed by atoms with E-state index in [0.29, 0.717) is 0 Å². The molecule has 0 fully saturated rings. The normalized spacial score (nSPS) is 12.1. The Morgan fingerprint density at radius 1 is 1.03 bits per heavy atom. The van der Waals surface area contributed by atoms with E-state index in [1.807, 2.05) is 0 Å². The van der Waals surface area contributed by atoms with Crippen molar-refractivity contribution in [2.45, 2.75) is 24.3 Å². The van der Waals surface area contributed by atoms with Crippen LogP contribution in [0.2, 0.25) is 0 Å². The van der Waals surface area contributed by atoms with Crippen LogP contribution in [0.1, 0.15) is 22.8 Å². The molecular weight excluding hydrogens is 456 g/mol. The van der Waals surface area contributed by atoms with Crippen molar-refractivity contribution in [3.05, 3.63) is 99.6 Å². The zero-order valence-corrected chi connectivity index (χ0v) is 18.1. The van der Waals surface area contributed by atoms with Crippen LogP contribution < -0.4 is 10.0 Å². The first-order valence-electron chi connectivity index (χ1n) is 9.68. The molecule has 1 atom stereocenters. The monoisotopic (exact) mass is 475 g/mol. The maximum atomic E-state index is 13.8. The second kappa shape index (κ2) is 9.74. The van der Waals surface area contributed by atoms with Crippen LogP contribution in [0.25, 0.3) is 0 Å². The molecule has 0 aromatic heterocycles. The molecule has 0 saturated heterocycles. The third-order valence-electron chi connectivity index (χ3n) is 4.69. The first-order valence-corrected chi connectivity index (χ1v) is 11.2. The molecule has 0 aliphatic carbocycles. The van der Waals surface area contributed by atoms with Crippen molar-refractivity contribution < 1.29 is 26.9 Å². The molecule has 2 N–H and O–H groups in total. The molecule has 0 aliphatic heterocycles. The van der Waals surface area contributed by atoms with Gasteiger partial charge in [0.25, 0.3) is 21.6 Å². The molecule has 3 rings (SSSR count). The van der Waals surface area contributed by atoms with E-state index in [1.165, 1.54) is 48.5 Å². The van der Waals surface area contributed by atoms with Gasteiger partial charge in [0, 0.05) is 35.0 Å². The maximum absolute atomic E-state index is 13.8. The smallest absolute Gasteiger partial charge is 0.270 e. The molecule has 8 nitrogen and oxygen atoms in total. The highest BCUT2D eigenvalue weighted by atomic mass is 32.2. The molecule has 0 saturated carbocycles. The minimum atomic E-state index is -4.09. The predicted octanol–water partition coefficient (Wildman–Crippen LogP) is 4.03. The summed E-state index contributed by atoms with van der Waals surface area (Å²) in [7, 11) is -4.09. The number of carbonyl (C=O) groups excluding carboxylic acids is 1. The second-order valence-corrected chi connectivity index (χ2v) is 8.90. The number of hydrogen-bond acceptors (Lipinski definition) is 5. The van der Waals surface area contributed by atoms with Gasteiger partial charge in [-0.15, -0.1) is 0 Å². The van der Waals surface area contributed by atoms with Crippen LogP contribution >= 0.6 is 0 Å². The Morgan fingerprint density at radius 2 is 1.64 bits per heavy atom. The van der Waals surface area contributed by atoms with Gasteiger partial charge in [-0.2, -0.15) is 0 Å². The van der Waals surface area contributed by atoms with Crippen molar-refractivity contribution >= 4 is 27.3 Å². The highest BCUT2D eigenvalue weighted by molar-refractivity contribution is 7.92. The van der Waals surface area contributed by atoms with Crippen LogP contribution in [0.4, 0.5) is 20.2 Å². The molecule has 0 aliphatic rings. The first kappa shape index (κ1) is 23.8. The van der Waals surface area contributed by atoms with Crippen molar-refractivity contribution in [1.29, 1.82) is 0 Å². The molecule has 3 aromatic rings. The fraction of sp³-hybridized carbons (Fsp3) is 0.136. The number of carbonyl (C=O) groups is 1. The number of nitro benzene ring substituents is 1. The van der Waals surface area contributed by atoms with Crippen molar-refractivity contribution in [3.8, 4) is 0 Å². The Bertz CT molecular complexity index is 1280. The van der Waals surface area contributed by atoms with Gasteiger partial charge in [-0.25, -0.2) is 17.2 Å². The van der Waals surface area contributed by atoms with E-state index < -0.39 is 38.5 Å². The third-order valence-corrected chi connectivity index (χ3v) is 6.07. The van der Waals surface area contributed by atoms with Crippen molar-refractivity contribution in [3.63, 3.8) is 0 Å². The van der Waals surface area contributed by atoms with Crippen LogP contribution in [0, 0.1) is 21.7 Å². The highest BCUT2D eigenvalue weighted by Crippen LogP contribution is 2.21. The Kier molecular flexibility index (Phi) is 7.02. The number of nitrogens with one attached hydrogen (secondary N) is 2. The van der Waals surface area contributed by atoms with E-state index in [-0.39, 0.29) is 33.8 Å². The van der Waals surface area contributed by atoms with Crippen molar-refractivity contribution in [2.24, 2.45) is 0 Å². The zero-order chi connectivity index (χ0) is 24.2.